The third-order valence-electron chi connectivity index (χ3n) is 3.42. The fourth-order valence-electron chi connectivity index (χ4n) is 2.59. The zero-order valence-electron chi connectivity index (χ0n) is 12.1. The molecule has 0 aromatic rings. The Bertz CT molecular complexity index is 273. The summed E-state index contributed by atoms with van der Waals surface area (Å²) in [7, 11) is 0. The molecule has 1 aliphatic rings. The average molecular weight is 256 g/mol. The predicted molar refractivity (Wildman–Crippen MR) is 73.3 cm³/mol. The molecule has 1 rings (SSSR count). The van der Waals surface area contributed by atoms with E-state index in [1.807, 2.05) is 0 Å². The highest BCUT2D eigenvalue weighted by Gasteiger charge is 2.27. The van der Waals surface area contributed by atoms with Gasteiger partial charge in [0.05, 0.1) is 12.6 Å². The highest BCUT2D eigenvalue weighted by molar-refractivity contribution is 5.79. The van der Waals surface area contributed by atoms with Crippen LogP contribution in [0.2, 0.25) is 0 Å². The van der Waals surface area contributed by atoms with Crippen LogP contribution in [-0.2, 0) is 4.79 Å². The van der Waals surface area contributed by atoms with Gasteiger partial charge in [-0.1, -0.05) is 20.8 Å². The number of piperidine rings is 1. The first kappa shape index (κ1) is 15.4. The fourth-order valence-corrected chi connectivity index (χ4v) is 2.59. The molecule has 1 aliphatic heterocycles. The summed E-state index contributed by atoms with van der Waals surface area (Å²) in [5.74, 6) is 0.196. The average Bonchev–Trinajstić information content (AvgIpc) is 2.26. The number of carbonyl (C=O) groups excluding carboxylic acids is 1. The zero-order valence-corrected chi connectivity index (χ0v) is 12.1. The van der Waals surface area contributed by atoms with Crippen LogP contribution in [0.15, 0.2) is 0 Å². The smallest absolute Gasteiger partial charge is 0.223 e. The second-order valence-corrected chi connectivity index (χ2v) is 6.73. The molecule has 1 amide bonds. The summed E-state index contributed by atoms with van der Waals surface area (Å²) in [6, 6.07) is 0.285. The van der Waals surface area contributed by atoms with Crippen molar-refractivity contribution in [2.45, 2.75) is 59.0 Å². The summed E-state index contributed by atoms with van der Waals surface area (Å²) in [4.78, 5) is 12.1. The van der Waals surface area contributed by atoms with Crippen LogP contribution in [0.4, 0.5) is 0 Å². The number of aliphatic hydroxyl groups is 1. The topological polar surface area (TPSA) is 61.4 Å². The maximum absolute atomic E-state index is 12.1. The van der Waals surface area contributed by atoms with E-state index < -0.39 is 0 Å². The molecule has 0 spiro atoms. The maximum atomic E-state index is 12.1. The molecule has 1 fully saturated rings. The standard InChI is InChI=1S/C14H28N2O2/c1-10-7-11(5-6-15-10)13(18)16-12(9-17)8-14(2,3)4/h10-12,15,17H,5-9H2,1-4H3,(H,16,18)/t10-,11-,12?/m0/s1. The van der Waals surface area contributed by atoms with E-state index in [-0.39, 0.29) is 29.9 Å². The third kappa shape index (κ3) is 5.36. The SMILES string of the molecule is C[C@H]1C[C@@H](C(=O)NC(CO)CC(C)(C)C)CCN1. The van der Waals surface area contributed by atoms with Crippen LogP contribution in [0.5, 0.6) is 0 Å². The number of nitrogens with one attached hydrogen (secondary N) is 2. The molecule has 1 heterocycles. The van der Waals surface area contributed by atoms with Crippen molar-refractivity contribution in [2.75, 3.05) is 13.2 Å². The molecule has 0 radical (unpaired) electrons. The first-order chi connectivity index (χ1) is 8.31. The van der Waals surface area contributed by atoms with Gasteiger partial charge in [-0.25, -0.2) is 0 Å². The lowest BCUT2D eigenvalue weighted by Gasteiger charge is -2.30. The van der Waals surface area contributed by atoms with Gasteiger partial charge in [-0.2, -0.15) is 0 Å². The van der Waals surface area contributed by atoms with Crippen molar-refractivity contribution in [2.24, 2.45) is 11.3 Å². The van der Waals surface area contributed by atoms with Gasteiger partial charge in [0.2, 0.25) is 5.91 Å². The number of hydrogen-bond acceptors (Lipinski definition) is 3. The van der Waals surface area contributed by atoms with Crippen LogP contribution in [-0.4, -0.2) is 36.2 Å². The van der Waals surface area contributed by atoms with Gasteiger partial charge < -0.3 is 15.7 Å². The van der Waals surface area contributed by atoms with Gasteiger partial charge in [0.25, 0.3) is 0 Å². The van der Waals surface area contributed by atoms with Gasteiger partial charge in [-0.3, -0.25) is 4.79 Å². The Labute approximate surface area is 111 Å². The van der Waals surface area contributed by atoms with E-state index in [9.17, 15) is 9.90 Å². The third-order valence-corrected chi connectivity index (χ3v) is 3.42. The molecule has 3 atom stereocenters. The molecule has 18 heavy (non-hydrogen) atoms. The van der Waals surface area contributed by atoms with Gasteiger partial charge in [0.1, 0.15) is 0 Å². The molecule has 0 bridgehead atoms. The van der Waals surface area contributed by atoms with E-state index in [2.05, 4.69) is 38.3 Å². The minimum absolute atomic E-state index is 0.0174. The Kier molecular flexibility index (Phi) is 5.60. The van der Waals surface area contributed by atoms with Crippen molar-refractivity contribution < 1.29 is 9.90 Å². The van der Waals surface area contributed by atoms with Gasteiger partial charge in [-0.05, 0) is 38.1 Å². The molecule has 106 valence electrons. The summed E-state index contributed by atoms with van der Waals surface area (Å²) < 4.78 is 0. The molecule has 3 N–H and O–H groups in total. The van der Waals surface area contributed by atoms with Crippen LogP contribution >= 0.6 is 0 Å². The first-order valence-corrected chi connectivity index (χ1v) is 6.96. The predicted octanol–water partition coefficient (Wildman–Crippen LogP) is 1.29. The minimum atomic E-state index is -0.123. The maximum Gasteiger partial charge on any atom is 0.223 e. The van der Waals surface area contributed by atoms with Crippen LogP contribution in [0, 0.1) is 11.3 Å². The molecule has 1 unspecified atom stereocenters. The number of aliphatic hydroxyl groups excluding tert-OH is 1. The van der Waals surface area contributed by atoms with E-state index >= 15 is 0 Å². The van der Waals surface area contributed by atoms with Crippen molar-refractivity contribution >= 4 is 5.91 Å². The summed E-state index contributed by atoms with van der Waals surface area (Å²) in [6.07, 6.45) is 2.58. The molecule has 4 nitrogen and oxygen atoms in total. The van der Waals surface area contributed by atoms with Crippen molar-refractivity contribution in [3.63, 3.8) is 0 Å². The van der Waals surface area contributed by atoms with Crippen LogP contribution in [0.3, 0.4) is 0 Å². The normalized spacial score (nSPS) is 26.7. The fraction of sp³-hybridized carbons (Fsp3) is 0.929. The van der Waals surface area contributed by atoms with E-state index in [4.69, 9.17) is 0 Å². The monoisotopic (exact) mass is 256 g/mol. The van der Waals surface area contributed by atoms with Crippen molar-refractivity contribution in [3.05, 3.63) is 0 Å². The quantitative estimate of drug-likeness (QED) is 0.710. The summed E-state index contributed by atoms with van der Waals surface area (Å²) in [5, 5.41) is 15.7. The highest BCUT2D eigenvalue weighted by Crippen LogP contribution is 2.22. The van der Waals surface area contributed by atoms with E-state index in [0.29, 0.717) is 6.04 Å². The van der Waals surface area contributed by atoms with Crippen molar-refractivity contribution in [1.82, 2.24) is 10.6 Å². The Hall–Kier alpha value is -0.610. The molecular weight excluding hydrogens is 228 g/mol. The molecular formula is C14H28N2O2. The number of hydrogen-bond donors (Lipinski definition) is 3. The van der Waals surface area contributed by atoms with Gasteiger partial charge in [0.15, 0.2) is 0 Å². The second kappa shape index (κ2) is 6.53. The Morgan fingerprint density at radius 3 is 2.67 bits per heavy atom. The molecule has 0 aromatic heterocycles. The van der Waals surface area contributed by atoms with Crippen LogP contribution < -0.4 is 10.6 Å². The largest absolute Gasteiger partial charge is 0.394 e. The summed E-state index contributed by atoms with van der Waals surface area (Å²) >= 11 is 0. The van der Waals surface area contributed by atoms with Crippen LogP contribution in [0.25, 0.3) is 0 Å². The van der Waals surface area contributed by atoms with Gasteiger partial charge in [-0.15, -0.1) is 0 Å². The minimum Gasteiger partial charge on any atom is -0.394 e. The Balaban J connectivity index is 2.46. The Morgan fingerprint density at radius 1 is 1.50 bits per heavy atom. The van der Waals surface area contributed by atoms with Crippen LogP contribution in [0.1, 0.15) is 47.0 Å². The summed E-state index contributed by atoms with van der Waals surface area (Å²) in [5.41, 5.74) is 0.113. The van der Waals surface area contributed by atoms with E-state index in [0.717, 1.165) is 25.8 Å². The van der Waals surface area contributed by atoms with E-state index in [1.54, 1.807) is 0 Å². The first-order valence-electron chi connectivity index (χ1n) is 6.96. The Morgan fingerprint density at radius 2 is 2.17 bits per heavy atom. The molecule has 1 saturated heterocycles. The lowest BCUT2D eigenvalue weighted by molar-refractivity contribution is -0.127. The van der Waals surface area contributed by atoms with Gasteiger partial charge >= 0.3 is 0 Å². The second-order valence-electron chi connectivity index (χ2n) is 6.73. The number of amides is 1. The van der Waals surface area contributed by atoms with Gasteiger partial charge in [0, 0.05) is 12.0 Å². The lowest BCUT2D eigenvalue weighted by Crippen LogP contribution is -2.47. The molecule has 4 heteroatoms. The summed E-state index contributed by atoms with van der Waals surface area (Å²) in [6.45, 7) is 9.39. The molecule has 0 saturated carbocycles. The lowest BCUT2D eigenvalue weighted by atomic mass is 9.87. The number of rotatable bonds is 4. The molecule has 0 aromatic carbocycles. The zero-order chi connectivity index (χ0) is 13.8. The molecule has 0 aliphatic carbocycles. The van der Waals surface area contributed by atoms with E-state index in [1.165, 1.54) is 0 Å². The highest BCUT2D eigenvalue weighted by atomic mass is 16.3. The van der Waals surface area contributed by atoms with Crippen molar-refractivity contribution in [3.8, 4) is 0 Å². The van der Waals surface area contributed by atoms with Crippen molar-refractivity contribution in [1.29, 1.82) is 0 Å². The number of carbonyl (C=O) groups is 1.